The van der Waals surface area contributed by atoms with Crippen LogP contribution >= 0.6 is 0 Å². The minimum atomic E-state index is -2.07. The molecule has 34 heavy (non-hydrogen) atoms. The number of fused-ring (bicyclic) bond motifs is 1. The van der Waals surface area contributed by atoms with Crippen LogP contribution in [-0.2, 0) is 19.1 Å². The fraction of sp³-hybridized carbons (Fsp3) is 0.815. The first-order chi connectivity index (χ1) is 16.0. The zero-order valence-electron chi connectivity index (χ0n) is 20.1. The van der Waals surface area contributed by atoms with Crippen LogP contribution in [0.3, 0.4) is 0 Å². The Hall–Kier alpha value is -1.41. The van der Waals surface area contributed by atoms with E-state index in [0.717, 1.165) is 19.5 Å². The molecule has 184 valence electrons. The Morgan fingerprint density at radius 3 is 2.53 bits per heavy atom. The summed E-state index contributed by atoms with van der Waals surface area (Å²) in [6.45, 7) is 9.89. The Kier molecular flexibility index (Phi) is 3.92. The highest BCUT2D eigenvalue weighted by molar-refractivity contribution is 6.21. The Bertz CT molecular complexity index is 1060. The number of aliphatic hydroxyl groups is 2. The van der Waals surface area contributed by atoms with Gasteiger partial charge in [-0.1, -0.05) is 26.0 Å². The number of ketones is 3. The molecule has 2 bridgehead atoms. The normalized spacial score (nSPS) is 54.9. The average Bonchev–Trinajstić information content (AvgIpc) is 2.82. The highest BCUT2D eigenvalue weighted by atomic mass is 16.6. The van der Waals surface area contributed by atoms with E-state index in [-0.39, 0.29) is 41.2 Å². The average molecular weight is 470 g/mol. The molecule has 8 fully saturated rings. The van der Waals surface area contributed by atoms with E-state index >= 15 is 0 Å². The third-order valence-electron chi connectivity index (χ3n) is 11.8. The summed E-state index contributed by atoms with van der Waals surface area (Å²) >= 11 is 0. The van der Waals surface area contributed by atoms with Crippen molar-refractivity contribution < 1.29 is 29.3 Å². The van der Waals surface area contributed by atoms with Crippen molar-refractivity contribution in [1.82, 2.24) is 5.32 Å². The fourth-order valence-electron chi connectivity index (χ4n) is 10.6. The molecule has 2 spiro atoms. The molecule has 9 atom stereocenters. The molecule has 0 aromatic rings. The molecule has 3 saturated heterocycles. The van der Waals surface area contributed by atoms with Crippen molar-refractivity contribution in [2.45, 2.75) is 64.3 Å². The van der Waals surface area contributed by atoms with Crippen molar-refractivity contribution in [3.8, 4) is 0 Å². The molecule has 8 aliphatic rings. The molecular formula is C27H35NO6. The van der Waals surface area contributed by atoms with Crippen molar-refractivity contribution >= 4 is 17.3 Å². The standard InChI is InChI=1S/C27H35NO6/c1-13-15-4-5-16-24-12-34-27(33,21(31)19(24)23(2,3)9-6-17(24)29)26(16)18(15)25(13,22(26)32)20(30)14-7-10-28-11-8-14/h14-16,18-19,21,28,31,33H,1,4-12H2,2-3H3/t15-,16-,18-,19+,21-,24+,25?,26?,27?/m0/s1. The second-order valence-corrected chi connectivity index (χ2v) is 13.0. The van der Waals surface area contributed by atoms with E-state index in [2.05, 4.69) is 25.7 Å². The van der Waals surface area contributed by atoms with Gasteiger partial charge in [0.25, 0.3) is 0 Å². The first kappa shape index (κ1) is 21.8. The van der Waals surface area contributed by atoms with Gasteiger partial charge in [0.2, 0.25) is 5.79 Å². The third-order valence-corrected chi connectivity index (χ3v) is 11.8. The number of hydrogen-bond donors (Lipinski definition) is 3. The topological polar surface area (TPSA) is 113 Å². The summed E-state index contributed by atoms with van der Waals surface area (Å²) in [6.07, 6.45) is 2.44. The van der Waals surface area contributed by atoms with Gasteiger partial charge in [-0.2, -0.15) is 0 Å². The lowest BCUT2D eigenvalue weighted by Crippen LogP contribution is -2.95. The number of nitrogens with one attached hydrogen (secondary N) is 1. The Labute approximate surface area is 199 Å². The Morgan fingerprint density at radius 2 is 1.82 bits per heavy atom. The first-order valence-corrected chi connectivity index (χ1v) is 13.1. The Balaban J connectivity index is 1.40. The molecule has 3 unspecified atom stereocenters. The lowest BCUT2D eigenvalue weighted by Gasteiger charge is -2.84. The second kappa shape index (κ2) is 6.10. The number of hydrogen-bond acceptors (Lipinski definition) is 7. The number of ether oxygens (including phenoxy) is 1. The van der Waals surface area contributed by atoms with Crippen LogP contribution in [0.5, 0.6) is 0 Å². The molecule has 0 amide bonds. The van der Waals surface area contributed by atoms with E-state index in [9.17, 15) is 24.6 Å². The summed E-state index contributed by atoms with van der Waals surface area (Å²) in [5.41, 5.74) is -3.36. The third kappa shape index (κ3) is 1.81. The Morgan fingerprint density at radius 1 is 1.12 bits per heavy atom. The predicted molar refractivity (Wildman–Crippen MR) is 120 cm³/mol. The van der Waals surface area contributed by atoms with Crippen LogP contribution in [0.15, 0.2) is 12.2 Å². The number of allylic oxidation sites excluding steroid dienone is 1. The molecule has 3 heterocycles. The van der Waals surface area contributed by atoms with Gasteiger partial charge >= 0.3 is 0 Å². The summed E-state index contributed by atoms with van der Waals surface area (Å²) < 4.78 is 6.05. The summed E-state index contributed by atoms with van der Waals surface area (Å²) in [4.78, 5) is 42.2. The quantitative estimate of drug-likeness (QED) is 0.414. The summed E-state index contributed by atoms with van der Waals surface area (Å²) in [7, 11) is 0. The van der Waals surface area contributed by atoms with Crippen LogP contribution < -0.4 is 5.32 Å². The monoisotopic (exact) mass is 469 g/mol. The van der Waals surface area contributed by atoms with Crippen LogP contribution in [0.1, 0.15) is 52.4 Å². The highest BCUT2D eigenvalue weighted by Gasteiger charge is 2.96. The molecule has 5 saturated carbocycles. The van der Waals surface area contributed by atoms with Gasteiger partial charge in [0, 0.05) is 24.2 Å². The number of carbonyl (C=O) groups is 3. The molecule has 0 radical (unpaired) electrons. The van der Waals surface area contributed by atoms with Gasteiger partial charge in [0.05, 0.1) is 17.4 Å². The maximum atomic E-state index is 14.5. The van der Waals surface area contributed by atoms with E-state index in [0.29, 0.717) is 37.7 Å². The van der Waals surface area contributed by atoms with E-state index in [1.165, 1.54) is 0 Å². The van der Waals surface area contributed by atoms with Crippen molar-refractivity contribution in [3.05, 3.63) is 12.2 Å². The van der Waals surface area contributed by atoms with Crippen LogP contribution in [0, 0.1) is 51.2 Å². The smallest absolute Gasteiger partial charge is 0.205 e. The van der Waals surface area contributed by atoms with Crippen molar-refractivity contribution in [1.29, 1.82) is 0 Å². The van der Waals surface area contributed by atoms with Gasteiger partial charge in [0.15, 0.2) is 11.6 Å². The van der Waals surface area contributed by atoms with E-state index in [1.54, 1.807) is 0 Å². The van der Waals surface area contributed by atoms with E-state index < -0.39 is 45.9 Å². The van der Waals surface area contributed by atoms with Gasteiger partial charge in [0.1, 0.15) is 17.3 Å². The molecule has 0 aromatic carbocycles. The number of piperidine rings is 1. The number of aliphatic hydroxyl groups excluding tert-OH is 1. The molecule has 7 heteroatoms. The van der Waals surface area contributed by atoms with Crippen LogP contribution in [0.25, 0.3) is 0 Å². The molecule has 0 aromatic heterocycles. The van der Waals surface area contributed by atoms with Crippen molar-refractivity contribution in [2.75, 3.05) is 19.7 Å². The maximum Gasteiger partial charge on any atom is 0.205 e. The van der Waals surface area contributed by atoms with Crippen molar-refractivity contribution in [2.24, 2.45) is 51.2 Å². The number of carbonyl (C=O) groups excluding carboxylic acids is 3. The summed E-state index contributed by atoms with van der Waals surface area (Å²) in [6, 6.07) is 0. The van der Waals surface area contributed by atoms with Gasteiger partial charge in [-0.15, -0.1) is 0 Å². The highest BCUT2D eigenvalue weighted by Crippen LogP contribution is 2.87. The van der Waals surface area contributed by atoms with Gasteiger partial charge in [-0.25, -0.2) is 0 Å². The minimum Gasteiger partial charge on any atom is -0.387 e. The fourth-order valence-corrected chi connectivity index (χ4v) is 10.6. The lowest BCUT2D eigenvalue weighted by molar-refractivity contribution is -0.460. The minimum absolute atomic E-state index is 0.0424. The van der Waals surface area contributed by atoms with Crippen molar-refractivity contribution in [3.63, 3.8) is 0 Å². The SMILES string of the molecule is C=C1[C@@H]2CC[C@@H]3C4(C(=O)C1(C(=O)C1CCNCC1)[C@H]24)C1(O)OC[C@]32C(=O)CCC(C)(C)[C@H]2[C@@H]1O. The first-order valence-electron chi connectivity index (χ1n) is 13.1. The van der Waals surface area contributed by atoms with Gasteiger partial charge in [-0.3, -0.25) is 14.4 Å². The molecule has 8 rings (SSSR count). The molecule has 5 aliphatic carbocycles. The molecule has 7 nitrogen and oxygen atoms in total. The van der Waals surface area contributed by atoms with Crippen LogP contribution in [-0.4, -0.2) is 59.2 Å². The van der Waals surface area contributed by atoms with Crippen LogP contribution in [0.4, 0.5) is 0 Å². The van der Waals surface area contributed by atoms with Gasteiger partial charge < -0.3 is 20.3 Å². The lowest BCUT2D eigenvalue weighted by atomic mass is 9.18. The van der Waals surface area contributed by atoms with E-state index in [4.69, 9.17) is 4.74 Å². The molecule has 3 aliphatic heterocycles. The predicted octanol–water partition coefficient (Wildman–Crippen LogP) is 1.41. The van der Waals surface area contributed by atoms with Crippen LogP contribution in [0.2, 0.25) is 0 Å². The van der Waals surface area contributed by atoms with Gasteiger partial charge in [-0.05, 0) is 62.4 Å². The maximum absolute atomic E-state index is 14.5. The van der Waals surface area contributed by atoms with E-state index in [1.807, 2.05) is 0 Å². The zero-order chi connectivity index (χ0) is 24.1. The molecular weight excluding hydrogens is 434 g/mol. The number of rotatable bonds is 2. The summed E-state index contributed by atoms with van der Waals surface area (Å²) in [5.74, 6) is -3.98. The molecule has 3 N–H and O–H groups in total. The zero-order valence-corrected chi connectivity index (χ0v) is 20.1. The number of Topliss-reactive ketones (excluding diaryl/α,β-unsaturated/α-hetero) is 3. The summed E-state index contributed by atoms with van der Waals surface area (Å²) in [5, 5.41) is 27.2. The largest absolute Gasteiger partial charge is 0.387 e. The second-order valence-electron chi connectivity index (χ2n) is 13.0.